The molecule has 2 aliphatic rings. The number of nitrogens with one attached hydrogen (secondary N) is 1. The molecule has 1 aromatic heterocycles. The van der Waals surface area contributed by atoms with Crippen molar-refractivity contribution >= 4 is 17.5 Å². The number of nitrogens with zero attached hydrogens (tertiary/aromatic N) is 3. The van der Waals surface area contributed by atoms with Gasteiger partial charge in [-0.15, -0.1) is 0 Å². The number of ether oxygens (including phenoxy) is 1. The molecule has 1 fully saturated rings. The molecule has 156 valence electrons. The van der Waals surface area contributed by atoms with Gasteiger partial charge in [0.2, 0.25) is 5.91 Å². The molecule has 7 nitrogen and oxygen atoms in total. The first-order valence-corrected chi connectivity index (χ1v) is 10.2. The first kappa shape index (κ1) is 19.8. The first-order chi connectivity index (χ1) is 13.9. The standard InChI is InChI=1S/C22H28N4O3.H2/c1-22(2,28)17-5-3-16(4-6-17)18-13-23-20-21(24-18)26(14-19(27)25-20)10-7-15-8-11-29-12-9-15;/h3-6,13,15,28H,7-12,14H2,1-2H3,(H,23,25,27);1H. The van der Waals surface area contributed by atoms with E-state index in [-0.39, 0.29) is 7.33 Å². The van der Waals surface area contributed by atoms with Crippen LogP contribution in [0.25, 0.3) is 11.3 Å². The second-order valence-corrected chi connectivity index (χ2v) is 8.38. The fourth-order valence-electron chi connectivity index (χ4n) is 3.85. The Balaban J connectivity index is 0.00000256. The molecule has 7 heteroatoms. The topological polar surface area (TPSA) is 87.6 Å². The third-order valence-corrected chi connectivity index (χ3v) is 5.68. The number of carbonyl (C=O) groups excluding carboxylic acids is 1. The summed E-state index contributed by atoms with van der Waals surface area (Å²) in [5, 5.41) is 13.0. The van der Waals surface area contributed by atoms with Crippen molar-refractivity contribution in [2.24, 2.45) is 5.92 Å². The Morgan fingerprint density at radius 3 is 2.69 bits per heavy atom. The summed E-state index contributed by atoms with van der Waals surface area (Å²) in [6.45, 7) is 6.25. The van der Waals surface area contributed by atoms with Crippen molar-refractivity contribution in [1.82, 2.24) is 9.97 Å². The highest BCUT2D eigenvalue weighted by Gasteiger charge is 2.26. The van der Waals surface area contributed by atoms with Gasteiger partial charge < -0.3 is 20.1 Å². The molecule has 4 rings (SSSR count). The number of carbonyl (C=O) groups is 1. The van der Waals surface area contributed by atoms with E-state index in [1.165, 1.54) is 0 Å². The summed E-state index contributed by atoms with van der Waals surface area (Å²) in [6.07, 6.45) is 4.85. The summed E-state index contributed by atoms with van der Waals surface area (Å²) < 4.78 is 5.44. The van der Waals surface area contributed by atoms with Gasteiger partial charge in [-0.05, 0) is 44.6 Å². The third kappa shape index (κ3) is 4.57. The zero-order chi connectivity index (χ0) is 20.4. The maximum atomic E-state index is 12.1. The molecule has 2 aliphatic heterocycles. The van der Waals surface area contributed by atoms with Crippen LogP contribution >= 0.6 is 0 Å². The number of hydrogen-bond donors (Lipinski definition) is 2. The molecule has 1 aromatic carbocycles. The Hall–Kier alpha value is -2.51. The Kier molecular flexibility index (Phi) is 5.52. The molecular weight excluding hydrogens is 368 g/mol. The van der Waals surface area contributed by atoms with Gasteiger partial charge in [0, 0.05) is 26.7 Å². The van der Waals surface area contributed by atoms with Crippen LogP contribution in [0.3, 0.4) is 0 Å². The Morgan fingerprint density at radius 2 is 2.00 bits per heavy atom. The van der Waals surface area contributed by atoms with E-state index < -0.39 is 5.60 Å². The molecule has 0 bridgehead atoms. The van der Waals surface area contributed by atoms with E-state index in [4.69, 9.17) is 9.72 Å². The molecule has 1 amide bonds. The Morgan fingerprint density at radius 1 is 1.28 bits per heavy atom. The zero-order valence-electron chi connectivity index (χ0n) is 17.0. The molecule has 0 radical (unpaired) electrons. The fourth-order valence-corrected chi connectivity index (χ4v) is 3.85. The van der Waals surface area contributed by atoms with Crippen LogP contribution in [0.4, 0.5) is 11.6 Å². The lowest BCUT2D eigenvalue weighted by Crippen LogP contribution is -2.40. The summed E-state index contributed by atoms with van der Waals surface area (Å²) in [4.78, 5) is 23.4. The van der Waals surface area contributed by atoms with Gasteiger partial charge in [-0.3, -0.25) is 4.79 Å². The van der Waals surface area contributed by atoms with Crippen molar-refractivity contribution in [2.45, 2.75) is 38.7 Å². The highest BCUT2D eigenvalue weighted by Crippen LogP contribution is 2.30. The average Bonchev–Trinajstić information content (AvgIpc) is 2.72. The summed E-state index contributed by atoms with van der Waals surface area (Å²) in [7, 11) is 0. The number of rotatable bonds is 5. The van der Waals surface area contributed by atoms with Crippen LogP contribution < -0.4 is 10.2 Å². The summed E-state index contributed by atoms with van der Waals surface area (Å²) in [6, 6.07) is 7.69. The minimum Gasteiger partial charge on any atom is -0.386 e. The maximum absolute atomic E-state index is 12.1. The van der Waals surface area contributed by atoms with E-state index in [2.05, 4.69) is 10.3 Å². The van der Waals surface area contributed by atoms with Crippen molar-refractivity contribution in [3.63, 3.8) is 0 Å². The lowest BCUT2D eigenvalue weighted by Gasteiger charge is -2.31. The van der Waals surface area contributed by atoms with E-state index in [1.54, 1.807) is 20.0 Å². The van der Waals surface area contributed by atoms with Gasteiger partial charge >= 0.3 is 0 Å². The average molecular weight is 399 g/mol. The minimum absolute atomic E-state index is 0. The molecule has 0 saturated carbocycles. The molecule has 3 heterocycles. The van der Waals surface area contributed by atoms with Gasteiger partial charge in [-0.2, -0.15) is 0 Å². The number of aliphatic hydroxyl groups is 1. The van der Waals surface area contributed by atoms with Gasteiger partial charge in [0.25, 0.3) is 0 Å². The minimum atomic E-state index is -0.884. The number of aromatic nitrogens is 2. The van der Waals surface area contributed by atoms with Crippen molar-refractivity contribution in [3.8, 4) is 11.3 Å². The third-order valence-electron chi connectivity index (χ3n) is 5.68. The van der Waals surface area contributed by atoms with Crippen LogP contribution in [0, 0.1) is 5.92 Å². The molecule has 1 saturated heterocycles. The maximum Gasteiger partial charge on any atom is 0.245 e. The van der Waals surface area contributed by atoms with Crippen LogP contribution in [0.15, 0.2) is 30.5 Å². The highest BCUT2D eigenvalue weighted by atomic mass is 16.5. The van der Waals surface area contributed by atoms with Crippen molar-refractivity contribution in [1.29, 1.82) is 0 Å². The van der Waals surface area contributed by atoms with Crippen molar-refractivity contribution in [2.75, 3.05) is 36.5 Å². The van der Waals surface area contributed by atoms with Crippen LogP contribution in [-0.2, 0) is 15.1 Å². The van der Waals surface area contributed by atoms with Gasteiger partial charge in [-0.25, -0.2) is 9.97 Å². The first-order valence-electron chi connectivity index (χ1n) is 10.2. The Bertz CT molecular complexity index is 877. The van der Waals surface area contributed by atoms with E-state index in [1.807, 2.05) is 29.2 Å². The predicted octanol–water partition coefficient (Wildman–Crippen LogP) is 3.19. The number of anilines is 2. The summed E-state index contributed by atoms with van der Waals surface area (Å²) in [5.74, 6) is 1.81. The van der Waals surface area contributed by atoms with Gasteiger partial charge in [-0.1, -0.05) is 24.3 Å². The monoisotopic (exact) mass is 398 g/mol. The normalized spacial score (nSPS) is 17.8. The van der Waals surface area contributed by atoms with Crippen molar-refractivity contribution in [3.05, 3.63) is 36.0 Å². The molecule has 0 atom stereocenters. The van der Waals surface area contributed by atoms with Crippen LogP contribution in [0.1, 0.15) is 40.1 Å². The predicted molar refractivity (Wildman–Crippen MR) is 114 cm³/mol. The van der Waals surface area contributed by atoms with Crippen LogP contribution in [0.2, 0.25) is 0 Å². The second kappa shape index (κ2) is 8.08. The van der Waals surface area contributed by atoms with E-state index in [0.717, 1.165) is 61.7 Å². The van der Waals surface area contributed by atoms with Crippen LogP contribution in [0.5, 0.6) is 0 Å². The van der Waals surface area contributed by atoms with Crippen molar-refractivity contribution < 1.29 is 16.1 Å². The Labute approximate surface area is 172 Å². The van der Waals surface area contributed by atoms with Gasteiger partial charge in [0.05, 0.1) is 24.0 Å². The highest BCUT2D eigenvalue weighted by molar-refractivity contribution is 5.99. The molecule has 0 unspecified atom stereocenters. The number of benzene rings is 1. The quantitative estimate of drug-likeness (QED) is 0.804. The van der Waals surface area contributed by atoms with E-state index >= 15 is 0 Å². The number of amides is 1. The molecule has 29 heavy (non-hydrogen) atoms. The molecule has 2 N–H and O–H groups in total. The molecule has 2 aromatic rings. The molecular formula is C22H30N4O3. The summed E-state index contributed by atoms with van der Waals surface area (Å²) in [5.41, 5.74) is 1.64. The fraction of sp³-hybridized carbons (Fsp3) is 0.500. The number of hydrogen-bond acceptors (Lipinski definition) is 6. The second-order valence-electron chi connectivity index (χ2n) is 8.38. The smallest absolute Gasteiger partial charge is 0.245 e. The lowest BCUT2D eigenvalue weighted by atomic mass is 9.96. The van der Waals surface area contributed by atoms with E-state index in [9.17, 15) is 9.90 Å². The van der Waals surface area contributed by atoms with Gasteiger partial charge in [0.1, 0.15) is 0 Å². The van der Waals surface area contributed by atoms with Crippen LogP contribution in [-0.4, -0.2) is 47.3 Å². The van der Waals surface area contributed by atoms with Gasteiger partial charge in [0.15, 0.2) is 11.6 Å². The van der Waals surface area contributed by atoms with E-state index in [0.29, 0.717) is 18.3 Å². The summed E-state index contributed by atoms with van der Waals surface area (Å²) >= 11 is 0. The lowest BCUT2D eigenvalue weighted by molar-refractivity contribution is -0.115. The molecule has 0 spiro atoms. The zero-order valence-corrected chi connectivity index (χ0v) is 17.0. The molecule has 0 aliphatic carbocycles. The number of fused-ring (bicyclic) bond motifs is 1. The SMILES string of the molecule is CC(C)(O)c1ccc(-c2cnc3c(n2)N(CCC2CCOCC2)CC(=O)N3)cc1.[HH]. The largest absolute Gasteiger partial charge is 0.386 e.